The molecule has 8 aliphatic rings. The molecule has 0 radical (unpaired) electrons. The molecule has 2 nitrogen and oxygen atoms in total. The second-order valence-electron chi connectivity index (χ2n) is 11.7. The first-order chi connectivity index (χ1) is 12.4. The molecule has 8 aliphatic carbocycles. The summed E-state index contributed by atoms with van der Waals surface area (Å²) >= 11 is 0. The molecule has 0 saturated heterocycles. The van der Waals surface area contributed by atoms with Crippen molar-refractivity contribution in [2.75, 3.05) is 0 Å². The second kappa shape index (κ2) is 5.17. The fourth-order valence-corrected chi connectivity index (χ4v) is 9.69. The number of rotatable bonds is 3. The van der Waals surface area contributed by atoms with Crippen LogP contribution in [-0.2, 0) is 4.79 Å². The Labute approximate surface area is 157 Å². The zero-order valence-corrected chi connectivity index (χ0v) is 16.3. The van der Waals surface area contributed by atoms with E-state index in [1.165, 1.54) is 38.5 Å². The number of hydrogen-bond acceptors (Lipinski definition) is 2. The summed E-state index contributed by atoms with van der Waals surface area (Å²) in [6, 6.07) is 0. The van der Waals surface area contributed by atoms with Crippen LogP contribution in [0.1, 0.15) is 84.0 Å². The van der Waals surface area contributed by atoms with Crippen LogP contribution in [0.3, 0.4) is 0 Å². The molecule has 0 aliphatic heterocycles. The molecule has 8 fully saturated rings. The molecule has 8 bridgehead atoms. The van der Waals surface area contributed by atoms with Crippen molar-refractivity contribution in [2.45, 2.75) is 84.0 Å². The van der Waals surface area contributed by atoms with E-state index in [9.17, 15) is 9.90 Å². The molecule has 0 unspecified atom stereocenters. The highest BCUT2D eigenvalue weighted by molar-refractivity contribution is 6.00. The van der Waals surface area contributed by atoms with Crippen molar-refractivity contribution in [3.8, 4) is 0 Å². The fraction of sp³-hybridized carbons (Fsp3) is 0.875. The van der Waals surface area contributed by atoms with Crippen LogP contribution >= 0.6 is 0 Å². The van der Waals surface area contributed by atoms with Gasteiger partial charge in [-0.25, -0.2) is 0 Å². The number of Topliss-reactive ketones (excluding diaryl/α,β-unsaturated/α-hetero) is 1. The number of hydrogen-bond donors (Lipinski definition) is 1. The average molecular weight is 355 g/mol. The van der Waals surface area contributed by atoms with Crippen LogP contribution < -0.4 is 0 Å². The Bertz CT molecular complexity index is 614. The van der Waals surface area contributed by atoms with Gasteiger partial charge in [0.1, 0.15) is 5.76 Å². The summed E-state index contributed by atoms with van der Waals surface area (Å²) in [4.78, 5) is 13.7. The van der Waals surface area contributed by atoms with E-state index in [1.807, 2.05) is 6.92 Å². The lowest BCUT2D eigenvalue weighted by Crippen LogP contribution is -2.51. The highest BCUT2D eigenvalue weighted by Gasteiger charge is 2.57. The summed E-state index contributed by atoms with van der Waals surface area (Å²) < 4.78 is 0. The fourth-order valence-electron chi connectivity index (χ4n) is 9.69. The molecule has 0 aromatic carbocycles. The molecular weight excluding hydrogens is 320 g/mol. The first kappa shape index (κ1) is 16.2. The monoisotopic (exact) mass is 354 g/mol. The molecule has 0 amide bonds. The number of carbonyl (C=O) groups excluding carboxylic acids is 1. The van der Waals surface area contributed by atoms with Gasteiger partial charge in [0, 0.05) is 16.4 Å². The van der Waals surface area contributed by atoms with Gasteiger partial charge in [-0.1, -0.05) is 0 Å². The van der Waals surface area contributed by atoms with E-state index in [2.05, 4.69) is 0 Å². The van der Waals surface area contributed by atoms with Gasteiger partial charge < -0.3 is 5.11 Å². The summed E-state index contributed by atoms with van der Waals surface area (Å²) in [5, 5.41) is 11.4. The Morgan fingerprint density at radius 1 is 0.654 bits per heavy atom. The van der Waals surface area contributed by atoms with Crippen molar-refractivity contribution >= 4 is 5.78 Å². The van der Waals surface area contributed by atoms with E-state index < -0.39 is 0 Å². The third kappa shape index (κ3) is 2.14. The van der Waals surface area contributed by atoms with Gasteiger partial charge in [-0.05, 0) is 119 Å². The minimum absolute atomic E-state index is 0.0310. The van der Waals surface area contributed by atoms with Gasteiger partial charge in [0.05, 0.1) is 0 Å². The zero-order valence-electron chi connectivity index (χ0n) is 16.3. The zero-order chi connectivity index (χ0) is 17.7. The number of aliphatic hydroxyl groups is 1. The van der Waals surface area contributed by atoms with Crippen LogP contribution in [0.15, 0.2) is 11.3 Å². The summed E-state index contributed by atoms with van der Waals surface area (Å²) in [5.41, 5.74) is 0.639. The first-order valence-electron chi connectivity index (χ1n) is 11.4. The lowest BCUT2D eigenvalue weighted by molar-refractivity contribution is -0.140. The third-order valence-electron chi connectivity index (χ3n) is 9.76. The van der Waals surface area contributed by atoms with Gasteiger partial charge >= 0.3 is 0 Å². The number of allylic oxidation sites excluding steroid dienone is 2. The summed E-state index contributed by atoms with van der Waals surface area (Å²) in [5.74, 6) is 5.70. The molecule has 0 aromatic rings. The van der Waals surface area contributed by atoms with Crippen molar-refractivity contribution in [3.05, 3.63) is 11.3 Å². The van der Waals surface area contributed by atoms with Gasteiger partial charge in [-0.2, -0.15) is 0 Å². The van der Waals surface area contributed by atoms with Crippen LogP contribution in [-0.4, -0.2) is 10.9 Å². The Kier molecular flexibility index (Phi) is 3.22. The minimum Gasteiger partial charge on any atom is -0.511 e. The van der Waals surface area contributed by atoms with Crippen molar-refractivity contribution < 1.29 is 9.90 Å². The number of carbonyl (C=O) groups is 1. The second-order valence-corrected chi connectivity index (χ2v) is 11.7. The number of aliphatic hydroxyl groups excluding tert-OH is 1. The van der Waals surface area contributed by atoms with Gasteiger partial charge in [-0.3, -0.25) is 4.79 Å². The standard InChI is InChI=1S/C24H34O2/c1-14(21(25)23-8-15-2-16(9-23)4-17(3-15)10-23)22(26)24-11-18-5-19(12-24)7-20(6-18)13-24/h15-20,25H,2-13H2,1H3/b21-14-. The first-order valence-corrected chi connectivity index (χ1v) is 11.4. The van der Waals surface area contributed by atoms with E-state index in [-0.39, 0.29) is 10.8 Å². The van der Waals surface area contributed by atoms with Crippen molar-refractivity contribution in [2.24, 2.45) is 46.3 Å². The van der Waals surface area contributed by atoms with Crippen LogP contribution in [0.25, 0.3) is 0 Å². The average Bonchev–Trinajstić information content (AvgIpc) is 2.57. The Morgan fingerprint density at radius 3 is 1.31 bits per heavy atom. The van der Waals surface area contributed by atoms with Gasteiger partial charge in [-0.15, -0.1) is 0 Å². The molecule has 0 spiro atoms. The van der Waals surface area contributed by atoms with Gasteiger partial charge in [0.2, 0.25) is 0 Å². The lowest BCUT2D eigenvalue weighted by atomic mass is 9.47. The smallest absolute Gasteiger partial charge is 0.168 e. The highest BCUT2D eigenvalue weighted by atomic mass is 16.3. The van der Waals surface area contributed by atoms with Crippen molar-refractivity contribution in [1.29, 1.82) is 0 Å². The Morgan fingerprint density at radius 2 is 0.962 bits per heavy atom. The quantitative estimate of drug-likeness (QED) is 0.512. The molecule has 8 saturated carbocycles. The van der Waals surface area contributed by atoms with E-state index in [0.717, 1.165) is 79.6 Å². The molecule has 26 heavy (non-hydrogen) atoms. The third-order valence-corrected chi connectivity index (χ3v) is 9.76. The summed E-state index contributed by atoms with van der Waals surface area (Å²) in [6.45, 7) is 1.98. The van der Waals surface area contributed by atoms with Crippen LogP contribution in [0.2, 0.25) is 0 Å². The molecule has 0 aromatic heterocycles. The Hall–Kier alpha value is -0.790. The maximum absolute atomic E-state index is 13.7. The molecule has 0 atom stereocenters. The van der Waals surface area contributed by atoms with Crippen molar-refractivity contribution in [1.82, 2.24) is 0 Å². The van der Waals surface area contributed by atoms with Gasteiger partial charge in [0.25, 0.3) is 0 Å². The van der Waals surface area contributed by atoms with Crippen LogP contribution in [0.4, 0.5) is 0 Å². The van der Waals surface area contributed by atoms with Crippen molar-refractivity contribution in [3.63, 3.8) is 0 Å². The summed E-state index contributed by atoms with van der Waals surface area (Å²) in [6.07, 6.45) is 15.1. The normalized spacial score (nSPS) is 54.5. The van der Waals surface area contributed by atoms with Crippen LogP contribution in [0.5, 0.6) is 0 Å². The largest absolute Gasteiger partial charge is 0.511 e. The minimum atomic E-state index is -0.102. The predicted octanol–water partition coefficient (Wildman–Crippen LogP) is 5.82. The van der Waals surface area contributed by atoms with E-state index in [0.29, 0.717) is 11.5 Å². The molecular formula is C24H34O2. The van der Waals surface area contributed by atoms with E-state index in [1.54, 1.807) is 0 Å². The van der Waals surface area contributed by atoms with Gasteiger partial charge in [0.15, 0.2) is 5.78 Å². The Balaban J connectivity index is 1.33. The maximum atomic E-state index is 13.7. The molecule has 8 rings (SSSR count). The molecule has 142 valence electrons. The highest BCUT2D eigenvalue weighted by Crippen LogP contribution is 2.64. The number of ketones is 1. The summed E-state index contributed by atoms with van der Waals surface area (Å²) in [7, 11) is 0. The lowest BCUT2D eigenvalue weighted by Gasteiger charge is -2.57. The molecule has 1 N–H and O–H groups in total. The molecule has 2 heteroatoms. The predicted molar refractivity (Wildman–Crippen MR) is 102 cm³/mol. The maximum Gasteiger partial charge on any atom is 0.168 e. The molecule has 0 heterocycles. The van der Waals surface area contributed by atoms with E-state index >= 15 is 0 Å². The van der Waals surface area contributed by atoms with E-state index in [4.69, 9.17) is 0 Å². The topological polar surface area (TPSA) is 37.3 Å². The van der Waals surface area contributed by atoms with Crippen LogP contribution in [0, 0.1) is 46.3 Å². The SMILES string of the molecule is C/C(C(=O)C12CC3CC(CC(C3)C1)C2)=C(/O)C12CC3CC(CC(C3)C1)C2.